The lowest BCUT2D eigenvalue weighted by Crippen LogP contribution is -2.31. The molecule has 1 amide bonds. The second kappa shape index (κ2) is 4.58. The van der Waals surface area contributed by atoms with Crippen LogP contribution >= 0.6 is 11.6 Å². The zero-order valence-electron chi connectivity index (χ0n) is 7.88. The van der Waals surface area contributed by atoms with Gasteiger partial charge in [0.2, 0.25) is 0 Å². The molecule has 1 rings (SSSR count). The molecule has 0 fully saturated rings. The summed E-state index contributed by atoms with van der Waals surface area (Å²) in [7, 11) is 0. The predicted octanol–water partition coefficient (Wildman–Crippen LogP) is 1.93. The fourth-order valence-electron chi connectivity index (χ4n) is 0.882. The molecule has 0 radical (unpaired) electrons. The first-order chi connectivity index (χ1) is 7.71. The Hall–Kier alpha value is -1.83. The van der Waals surface area contributed by atoms with Crippen LogP contribution in [0.3, 0.4) is 0 Å². The molecular weight excluding hydrogens is 265 g/mol. The first-order valence-electron chi connectivity index (χ1n) is 4.00. The second-order valence-electron chi connectivity index (χ2n) is 2.79. The molecule has 92 valence electrons. The summed E-state index contributed by atoms with van der Waals surface area (Å²) in [5.41, 5.74) is -0.591. The van der Waals surface area contributed by atoms with E-state index in [1.54, 1.807) is 0 Å². The summed E-state index contributed by atoms with van der Waals surface area (Å²) >= 11 is 5.38. The van der Waals surface area contributed by atoms with Crippen LogP contribution in [0.2, 0.25) is 5.15 Å². The van der Waals surface area contributed by atoms with Crippen molar-refractivity contribution >= 4 is 29.3 Å². The van der Waals surface area contributed by atoms with Gasteiger partial charge < -0.3 is 10.4 Å². The van der Waals surface area contributed by atoms with Gasteiger partial charge in [-0.15, -0.1) is 0 Å². The number of pyridine rings is 1. The molecule has 0 saturated heterocycles. The number of amides is 1. The Morgan fingerprint density at radius 1 is 1.35 bits per heavy atom. The lowest BCUT2D eigenvalue weighted by Gasteiger charge is -2.09. The Kier molecular flexibility index (Phi) is 3.56. The van der Waals surface area contributed by atoms with Crippen LogP contribution in [0.25, 0.3) is 0 Å². The van der Waals surface area contributed by atoms with Crippen molar-refractivity contribution in [2.45, 2.75) is 6.18 Å². The molecule has 1 heterocycles. The number of hydrogen-bond donors (Lipinski definition) is 2. The average molecular weight is 269 g/mol. The summed E-state index contributed by atoms with van der Waals surface area (Å²) in [6.07, 6.45) is -5.14. The fraction of sp³-hybridized carbons (Fsp3) is 0.125. The van der Waals surface area contributed by atoms with Gasteiger partial charge in [0, 0.05) is 0 Å². The molecule has 1 aromatic heterocycles. The van der Waals surface area contributed by atoms with Crippen molar-refractivity contribution in [1.29, 1.82) is 0 Å². The van der Waals surface area contributed by atoms with E-state index in [0.29, 0.717) is 0 Å². The molecule has 0 aromatic carbocycles. The summed E-state index contributed by atoms with van der Waals surface area (Å²) < 4.78 is 35.8. The SMILES string of the molecule is O=C(O)c1ccc(Cl)nc1NC(=O)C(F)(F)F. The smallest absolute Gasteiger partial charge is 0.471 e. The van der Waals surface area contributed by atoms with Crippen LogP contribution in [0, 0.1) is 0 Å². The highest BCUT2D eigenvalue weighted by Crippen LogP contribution is 2.21. The highest BCUT2D eigenvalue weighted by Gasteiger charge is 2.39. The molecule has 0 aliphatic rings. The van der Waals surface area contributed by atoms with Gasteiger partial charge in [-0.25, -0.2) is 9.78 Å². The Labute approximate surface area is 97.2 Å². The van der Waals surface area contributed by atoms with Crippen molar-refractivity contribution in [2.75, 3.05) is 5.32 Å². The Balaban J connectivity index is 3.09. The van der Waals surface area contributed by atoms with Crippen molar-refractivity contribution in [3.05, 3.63) is 22.8 Å². The molecule has 0 unspecified atom stereocenters. The number of alkyl halides is 3. The van der Waals surface area contributed by atoms with Gasteiger partial charge in [0.25, 0.3) is 0 Å². The second-order valence-corrected chi connectivity index (χ2v) is 3.17. The van der Waals surface area contributed by atoms with Crippen LogP contribution in [0.1, 0.15) is 10.4 Å². The van der Waals surface area contributed by atoms with Crippen LogP contribution < -0.4 is 5.32 Å². The molecular formula is C8H4ClF3N2O3. The minimum atomic E-state index is -5.14. The number of carbonyl (C=O) groups excluding carboxylic acids is 1. The maximum Gasteiger partial charge on any atom is 0.471 e. The zero-order chi connectivity index (χ0) is 13.2. The van der Waals surface area contributed by atoms with Crippen molar-refractivity contribution < 1.29 is 27.9 Å². The summed E-state index contributed by atoms with van der Waals surface area (Å²) in [4.78, 5) is 24.6. The standard InChI is InChI=1S/C8H4ClF3N2O3/c9-4-2-1-3(6(15)16)5(13-4)14-7(17)8(10,11)12/h1-2H,(H,15,16)(H,13,14,17). The molecule has 0 saturated carbocycles. The minimum absolute atomic E-state index is 0.243. The van der Waals surface area contributed by atoms with E-state index in [9.17, 15) is 22.8 Å². The molecule has 0 spiro atoms. The van der Waals surface area contributed by atoms with Crippen LogP contribution in [0.5, 0.6) is 0 Å². The van der Waals surface area contributed by atoms with E-state index in [4.69, 9.17) is 16.7 Å². The Morgan fingerprint density at radius 2 is 1.94 bits per heavy atom. The number of nitrogens with one attached hydrogen (secondary N) is 1. The summed E-state index contributed by atoms with van der Waals surface area (Å²) in [5.74, 6) is -4.62. The topological polar surface area (TPSA) is 79.3 Å². The Bertz CT molecular complexity index is 476. The van der Waals surface area contributed by atoms with Crippen molar-refractivity contribution in [3.63, 3.8) is 0 Å². The van der Waals surface area contributed by atoms with Gasteiger partial charge in [-0.05, 0) is 12.1 Å². The number of aromatic nitrogens is 1. The number of halogens is 4. The number of carboxylic acid groups (broad SMARTS) is 1. The van der Waals surface area contributed by atoms with Gasteiger partial charge in [-0.2, -0.15) is 13.2 Å². The molecule has 0 bridgehead atoms. The number of carboxylic acids is 1. The molecule has 2 N–H and O–H groups in total. The number of aromatic carboxylic acids is 1. The van der Waals surface area contributed by atoms with Gasteiger partial charge in [-0.1, -0.05) is 11.6 Å². The Morgan fingerprint density at radius 3 is 2.41 bits per heavy atom. The highest BCUT2D eigenvalue weighted by atomic mass is 35.5. The first kappa shape index (κ1) is 13.2. The van der Waals surface area contributed by atoms with E-state index in [0.717, 1.165) is 12.1 Å². The summed E-state index contributed by atoms with van der Waals surface area (Å²) in [5, 5.41) is 9.75. The van der Waals surface area contributed by atoms with Crippen LogP contribution in [-0.4, -0.2) is 28.1 Å². The van der Waals surface area contributed by atoms with Crippen molar-refractivity contribution in [1.82, 2.24) is 4.98 Å². The third kappa shape index (κ3) is 3.31. The third-order valence-corrected chi connectivity index (χ3v) is 1.79. The largest absolute Gasteiger partial charge is 0.478 e. The molecule has 9 heteroatoms. The molecule has 0 aliphatic carbocycles. The quantitative estimate of drug-likeness (QED) is 0.803. The average Bonchev–Trinajstić information content (AvgIpc) is 2.15. The van der Waals surface area contributed by atoms with E-state index in [1.807, 2.05) is 0 Å². The maximum absolute atomic E-state index is 11.9. The van der Waals surface area contributed by atoms with Gasteiger partial charge in [0.05, 0.1) is 0 Å². The minimum Gasteiger partial charge on any atom is -0.478 e. The molecule has 0 atom stereocenters. The van der Waals surface area contributed by atoms with E-state index in [-0.39, 0.29) is 5.15 Å². The number of hydrogen-bond acceptors (Lipinski definition) is 3. The third-order valence-electron chi connectivity index (χ3n) is 1.58. The van der Waals surface area contributed by atoms with Gasteiger partial charge >= 0.3 is 18.1 Å². The monoisotopic (exact) mass is 268 g/mol. The van der Waals surface area contributed by atoms with Crippen LogP contribution in [-0.2, 0) is 4.79 Å². The molecule has 17 heavy (non-hydrogen) atoms. The van der Waals surface area contributed by atoms with E-state index in [2.05, 4.69) is 4.98 Å². The van der Waals surface area contributed by atoms with Crippen LogP contribution in [0.15, 0.2) is 12.1 Å². The van der Waals surface area contributed by atoms with E-state index in [1.165, 1.54) is 5.32 Å². The number of rotatable bonds is 2. The zero-order valence-corrected chi connectivity index (χ0v) is 8.63. The van der Waals surface area contributed by atoms with E-state index < -0.39 is 29.4 Å². The van der Waals surface area contributed by atoms with Crippen molar-refractivity contribution in [3.8, 4) is 0 Å². The number of nitrogens with zero attached hydrogens (tertiary/aromatic N) is 1. The van der Waals surface area contributed by atoms with Crippen LogP contribution in [0.4, 0.5) is 19.0 Å². The summed E-state index contributed by atoms with van der Waals surface area (Å²) in [6.45, 7) is 0. The maximum atomic E-state index is 11.9. The van der Waals surface area contributed by atoms with Gasteiger partial charge in [-0.3, -0.25) is 4.79 Å². The lowest BCUT2D eigenvalue weighted by atomic mass is 10.2. The number of carbonyl (C=O) groups is 2. The van der Waals surface area contributed by atoms with Gasteiger partial charge in [0.15, 0.2) is 0 Å². The van der Waals surface area contributed by atoms with Gasteiger partial charge in [0.1, 0.15) is 16.5 Å². The molecule has 0 aliphatic heterocycles. The highest BCUT2D eigenvalue weighted by molar-refractivity contribution is 6.29. The summed E-state index contributed by atoms with van der Waals surface area (Å²) in [6, 6.07) is 2.01. The molecule has 5 nitrogen and oxygen atoms in total. The first-order valence-corrected chi connectivity index (χ1v) is 4.37. The normalized spacial score (nSPS) is 11.1. The van der Waals surface area contributed by atoms with Crippen molar-refractivity contribution in [2.24, 2.45) is 0 Å². The lowest BCUT2D eigenvalue weighted by molar-refractivity contribution is -0.167. The van der Waals surface area contributed by atoms with E-state index >= 15 is 0 Å². The fourth-order valence-corrected chi connectivity index (χ4v) is 1.03. The molecule has 1 aromatic rings. The predicted molar refractivity (Wildman–Crippen MR) is 50.9 cm³/mol. The number of anilines is 1.